The Kier molecular flexibility index (Phi) is 9.51. The summed E-state index contributed by atoms with van der Waals surface area (Å²) >= 11 is 0. The van der Waals surface area contributed by atoms with Crippen LogP contribution in [0.5, 0.6) is 0 Å². The van der Waals surface area contributed by atoms with Gasteiger partial charge in [0.1, 0.15) is 5.82 Å². The summed E-state index contributed by atoms with van der Waals surface area (Å²) in [6.45, 7) is 4.48. The normalized spacial score (nSPS) is 19.7. The molecule has 0 unspecified atom stereocenters. The van der Waals surface area contributed by atoms with Crippen LogP contribution in [-0.2, 0) is 4.79 Å². The third-order valence-electron chi connectivity index (χ3n) is 3.98. The van der Waals surface area contributed by atoms with Crippen LogP contribution in [0.2, 0.25) is 0 Å². The number of hydrogen-bond acceptors (Lipinski definition) is 3. The molecule has 0 saturated heterocycles. The quantitative estimate of drug-likeness (QED) is 0.743. The number of nitrogens with one attached hydrogen (secondary N) is 2. The summed E-state index contributed by atoms with van der Waals surface area (Å²) in [6, 6.07) is 4.52. The van der Waals surface area contributed by atoms with Crippen molar-refractivity contribution in [1.82, 2.24) is 0 Å². The van der Waals surface area contributed by atoms with Crippen LogP contribution in [0.25, 0.3) is 0 Å². The van der Waals surface area contributed by atoms with Crippen LogP contribution in [-0.4, -0.2) is 18.5 Å². The van der Waals surface area contributed by atoms with Gasteiger partial charge in [-0.15, -0.1) is 24.8 Å². The predicted octanol–water partition coefficient (Wildman–Crippen LogP) is 3.80. The van der Waals surface area contributed by atoms with E-state index in [1.54, 1.807) is 6.07 Å². The van der Waals surface area contributed by atoms with Gasteiger partial charge in [-0.05, 0) is 57.4 Å². The average Bonchev–Trinajstić information content (AvgIpc) is 2.89. The molecule has 23 heavy (non-hydrogen) atoms. The van der Waals surface area contributed by atoms with Gasteiger partial charge in [-0.3, -0.25) is 4.79 Å². The van der Waals surface area contributed by atoms with Gasteiger partial charge in [0.05, 0.1) is 11.4 Å². The second-order valence-electron chi connectivity index (χ2n) is 6.01. The fraction of sp³-hybridized carbons (Fsp3) is 0.562. The summed E-state index contributed by atoms with van der Waals surface area (Å²) in [4.78, 5) is 12.4. The number of nitrogens with two attached hydrogens (primary N) is 1. The maximum atomic E-state index is 13.4. The van der Waals surface area contributed by atoms with Crippen molar-refractivity contribution in [3.05, 3.63) is 24.0 Å². The van der Waals surface area contributed by atoms with Gasteiger partial charge in [-0.1, -0.05) is 6.42 Å². The second kappa shape index (κ2) is 9.96. The Labute approximate surface area is 149 Å². The highest BCUT2D eigenvalue weighted by molar-refractivity contribution is 5.96. The number of halogens is 3. The van der Waals surface area contributed by atoms with E-state index in [0.29, 0.717) is 17.9 Å². The van der Waals surface area contributed by atoms with Crippen molar-refractivity contribution >= 4 is 42.1 Å². The molecular formula is C16H26Cl2FN3O. The molecule has 1 amide bonds. The first-order valence-corrected chi connectivity index (χ1v) is 7.58. The summed E-state index contributed by atoms with van der Waals surface area (Å²) < 4.78 is 13.4. The molecular weight excluding hydrogens is 340 g/mol. The lowest BCUT2D eigenvalue weighted by atomic mass is 9.95. The molecule has 1 aromatic rings. The number of carbonyl (C=O) groups is 1. The number of hydrogen-bond donors (Lipinski definition) is 3. The third kappa shape index (κ3) is 5.83. The molecule has 1 saturated carbocycles. The molecule has 4 N–H and O–H groups in total. The van der Waals surface area contributed by atoms with Crippen LogP contribution in [0.4, 0.5) is 15.8 Å². The Hall–Kier alpha value is -1.04. The van der Waals surface area contributed by atoms with Crippen molar-refractivity contribution in [2.45, 2.75) is 39.2 Å². The van der Waals surface area contributed by atoms with E-state index in [1.807, 2.05) is 13.8 Å². The van der Waals surface area contributed by atoms with Crippen molar-refractivity contribution in [3.8, 4) is 0 Å². The van der Waals surface area contributed by atoms with E-state index in [0.717, 1.165) is 19.3 Å². The van der Waals surface area contributed by atoms with Crippen LogP contribution < -0.4 is 16.4 Å². The molecule has 0 aromatic heterocycles. The molecule has 7 heteroatoms. The van der Waals surface area contributed by atoms with Gasteiger partial charge >= 0.3 is 0 Å². The van der Waals surface area contributed by atoms with E-state index in [9.17, 15) is 9.18 Å². The summed E-state index contributed by atoms with van der Waals surface area (Å²) in [5.74, 6) is -0.114. The monoisotopic (exact) mass is 365 g/mol. The molecule has 2 atom stereocenters. The van der Waals surface area contributed by atoms with Crippen molar-refractivity contribution in [2.75, 3.05) is 17.2 Å². The summed E-state index contributed by atoms with van der Waals surface area (Å²) in [5.41, 5.74) is 6.96. The number of carbonyl (C=O) groups excluding carboxylic acids is 1. The van der Waals surface area contributed by atoms with Gasteiger partial charge in [-0.2, -0.15) is 0 Å². The van der Waals surface area contributed by atoms with E-state index in [1.165, 1.54) is 12.1 Å². The standard InChI is InChI=1S/C16H24FN3O.2ClH/c1-10(2)19-15-8-12(17)6-7-14(15)20-16(21)13-5-3-4-11(13)9-18;;/h6-8,10-11,13,19H,3-5,9,18H2,1-2H3,(H,20,21);2*1H/t11-,13-;;/m1../s1. The van der Waals surface area contributed by atoms with Gasteiger partial charge in [0.15, 0.2) is 0 Å². The van der Waals surface area contributed by atoms with Crippen molar-refractivity contribution < 1.29 is 9.18 Å². The van der Waals surface area contributed by atoms with Gasteiger partial charge in [0.25, 0.3) is 0 Å². The fourth-order valence-electron chi connectivity index (χ4n) is 2.95. The zero-order chi connectivity index (χ0) is 15.4. The van der Waals surface area contributed by atoms with Crippen LogP contribution in [0.15, 0.2) is 18.2 Å². The molecule has 0 aliphatic heterocycles. The smallest absolute Gasteiger partial charge is 0.227 e. The number of benzene rings is 1. The molecule has 4 nitrogen and oxygen atoms in total. The predicted molar refractivity (Wildman–Crippen MR) is 98.2 cm³/mol. The Bertz CT molecular complexity index is 514. The second-order valence-corrected chi connectivity index (χ2v) is 6.01. The average molecular weight is 366 g/mol. The molecule has 0 heterocycles. The van der Waals surface area contributed by atoms with Crippen LogP contribution in [0, 0.1) is 17.7 Å². The van der Waals surface area contributed by atoms with Crippen molar-refractivity contribution in [1.29, 1.82) is 0 Å². The molecule has 1 aromatic carbocycles. The Morgan fingerprint density at radius 2 is 2.00 bits per heavy atom. The van der Waals surface area contributed by atoms with E-state index in [4.69, 9.17) is 5.73 Å². The van der Waals surface area contributed by atoms with Crippen LogP contribution in [0.1, 0.15) is 33.1 Å². The lowest BCUT2D eigenvalue weighted by molar-refractivity contribution is -0.120. The van der Waals surface area contributed by atoms with E-state index < -0.39 is 0 Å². The van der Waals surface area contributed by atoms with Crippen molar-refractivity contribution in [3.63, 3.8) is 0 Å². The molecule has 132 valence electrons. The molecule has 1 aliphatic carbocycles. The minimum atomic E-state index is -0.322. The van der Waals surface area contributed by atoms with Gasteiger partial charge in [0, 0.05) is 12.0 Å². The van der Waals surface area contributed by atoms with Gasteiger partial charge < -0.3 is 16.4 Å². The Balaban J connectivity index is 0.00000242. The SMILES string of the molecule is CC(C)Nc1cc(F)ccc1NC(=O)[C@@H]1CCC[C@@H]1CN.Cl.Cl. The highest BCUT2D eigenvalue weighted by Crippen LogP contribution is 2.33. The first kappa shape index (κ1) is 22.0. The molecule has 1 fully saturated rings. The summed E-state index contributed by atoms with van der Waals surface area (Å²) in [5, 5.41) is 6.08. The molecule has 0 spiro atoms. The lowest BCUT2D eigenvalue weighted by Crippen LogP contribution is -2.30. The molecule has 2 rings (SSSR count). The van der Waals surface area contributed by atoms with Crippen molar-refractivity contribution in [2.24, 2.45) is 17.6 Å². The third-order valence-corrected chi connectivity index (χ3v) is 3.98. The largest absolute Gasteiger partial charge is 0.381 e. The first-order chi connectivity index (χ1) is 10.0. The maximum absolute atomic E-state index is 13.4. The maximum Gasteiger partial charge on any atom is 0.227 e. The highest BCUT2D eigenvalue weighted by Gasteiger charge is 2.32. The number of anilines is 2. The number of rotatable bonds is 5. The minimum Gasteiger partial charge on any atom is -0.381 e. The van der Waals surface area contributed by atoms with Crippen LogP contribution in [0.3, 0.4) is 0 Å². The highest BCUT2D eigenvalue weighted by atomic mass is 35.5. The zero-order valence-electron chi connectivity index (χ0n) is 13.5. The minimum absolute atomic E-state index is 0. The zero-order valence-corrected chi connectivity index (χ0v) is 15.1. The van der Waals surface area contributed by atoms with Crippen LogP contribution >= 0.6 is 24.8 Å². The summed E-state index contributed by atoms with van der Waals surface area (Å²) in [7, 11) is 0. The molecule has 1 aliphatic rings. The molecule has 0 radical (unpaired) electrons. The Morgan fingerprint density at radius 3 is 2.61 bits per heavy atom. The fourth-order valence-corrected chi connectivity index (χ4v) is 2.95. The topological polar surface area (TPSA) is 67.1 Å². The van der Waals surface area contributed by atoms with Gasteiger partial charge in [-0.25, -0.2) is 4.39 Å². The van der Waals surface area contributed by atoms with E-state index in [-0.39, 0.29) is 54.4 Å². The molecule has 0 bridgehead atoms. The summed E-state index contributed by atoms with van der Waals surface area (Å²) in [6.07, 6.45) is 2.93. The van der Waals surface area contributed by atoms with E-state index in [2.05, 4.69) is 10.6 Å². The van der Waals surface area contributed by atoms with Gasteiger partial charge in [0.2, 0.25) is 5.91 Å². The van der Waals surface area contributed by atoms with E-state index >= 15 is 0 Å². The Morgan fingerprint density at radius 1 is 1.30 bits per heavy atom. The number of amides is 1. The first-order valence-electron chi connectivity index (χ1n) is 7.58. The lowest BCUT2D eigenvalue weighted by Gasteiger charge is -2.20.